The molecule has 0 aliphatic heterocycles. The Kier molecular flexibility index (Phi) is 3.59. The predicted octanol–water partition coefficient (Wildman–Crippen LogP) is 3.63. The lowest BCUT2D eigenvalue weighted by Gasteiger charge is -2.15. The third-order valence-electron chi connectivity index (χ3n) is 3.58. The molecule has 21 heavy (non-hydrogen) atoms. The van der Waals surface area contributed by atoms with Gasteiger partial charge < -0.3 is 9.84 Å². The molecule has 3 rings (SSSR count). The summed E-state index contributed by atoms with van der Waals surface area (Å²) in [6.07, 6.45) is -0.801. The van der Waals surface area contributed by atoms with Crippen LogP contribution in [0, 0.1) is 6.92 Å². The van der Waals surface area contributed by atoms with E-state index in [2.05, 4.69) is 4.98 Å². The van der Waals surface area contributed by atoms with Crippen molar-refractivity contribution in [1.82, 2.24) is 4.98 Å². The van der Waals surface area contributed by atoms with Gasteiger partial charge in [-0.2, -0.15) is 0 Å². The molecule has 0 fully saturated rings. The fourth-order valence-corrected chi connectivity index (χ4v) is 2.46. The quantitative estimate of drug-likeness (QED) is 0.796. The Bertz CT molecular complexity index is 783. The fourth-order valence-electron chi connectivity index (χ4n) is 2.46. The maximum Gasteiger partial charge on any atom is 0.125 e. The number of aliphatic hydroxyl groups excluding tert-OH is 1. The molecule has 0 bridgehead atoms. The van der Waals surface area contributed by atoms with Crippen molar-refractivity contribution < 1.29 is 9.84 Å². The third-order valence-corrected chi connectivity index (χ3v) is 3.58. The maximum atomic E-state index is 10.6. The fraction of sp³-hybridized carbons (Fsp3) is 0.167. The second kappa shape index (κ2) is 5.54. The molecule has 0 amide bonds. The molecule has 1 unspecified atom stereocenters. The van der Waals surface area contributed by atoms with Crippen LogP contribution in [0.4, 0.5) is 0 Å². The summed E-state index contributed by atoms with van der Waals surface area (Å²) in [5, 5.41) is 11.7. The highest BCUT2D eigenvalue weighted by molar-refractivity contribution is 5.78. The number of aryl methyl sites for hydroxylation is 1. The Morgan fingerprint density at radius 1 is 1.05 bits per heavy atom. The summed E-state index contributed by atoms with van der Waals surface area (Å²) >= 11 is 0. The van der Waals surface area contributed by atoms with Crippen LogP contribution in [0.1, 0.15) is 22.9 Å². The number of pyridine rings is 1. The highest BCUT2D eigenvalue weighted by Gasteiger charge is 2.17. The lowest BCUT2D eigenvalue weighted by atomic mass is 10.0. The first kappa shape index (κ1) is 13.6. The maximum absolute atomic E-state index is 10.6. The number of aliphatic hydroxyl groups is 1. The first-order valence-corrected chi connectivity index (χ1v) is 6.87. The van der Waals surface area contributed by atoms with Gasteiger partial charge in [-0.15, -0.1) is 0 Å². The summed E-state index contributed by atoms with van der Waals surface area (Å²) in [4.78, 5) is 4.55. The molecule has 0 spiro atoms. The molecule has 0 saturated heterocycles. The normalized spacial score (nSPS) is 12.3. The second-order valence-electron chi connectivity index (χ2n) is 5.08. The zero-order chi connectivity index (χ0) is 14.8. The van der Waals surface area contributed by atoms with Crippen LogP contribution in [-0.2, 0) is 0 Å². The molecule has 1 atom stereocenters. The number of hydrogen-bond acceptors (Lipinski definition) is 3. The Balaban J connectivity index is 2.07. The van der Waals surface area contributed by atoms with Gasteiger partial charge in [-0.3, -0.25) is 0 Å². The molecule has 0 aliphatic rings. The predicted molar refractivity (Wildman–Crippen MR) is 83.5 cm³/mol. The standard InChI is InChI=1S/C18H17NO2/c1-12-7-10-17(21-2)14(11-12)18(20)16-9-8-13-5-3-4-6-15(13)19-16/h3-11,18,20H,1-2H3. The van der Waals surface area contributed by atoms with Crippen LogP contribution in [-0.4, -0.2) is 17.2 Å². The summed E-state index contributed by atoms with van der Waals surface area (Å²) in [6, 6.07) is 17.5. The van der Waals surface area contributed by atoms with Crippen LogP contribution in [0.2, 0.25) is 0 Å². The number of methoxy groups -OCH3 is 1. The molecular formula is C18H17NO2. The van der Waals surface area contributed by atoms with E-state index in [-0.39, 0.29) is 0 Å². The third kappa shape index (κ3) is 2.60. The molecule has 1 aromatic heterocycles. The minimum Gasteiger partial charge on any atom is -0.496 e. The van der Waals surface area contributed by atoms with Gasteiger partial charge in [0.2, 0.25) is 0 Å². The zero-order valence-electron chi connectivity index (χ0n) is 12.1. The highest BCUT2D eigenvalue weighted by atomic mass is 16.5. The summed E-state index contributed by atoms with van der Waals surface area (Å²) < 4.78 is 5.34. The second-order valence-corrected chi connectivity index (χ2v) is 5.08. The van der Waals surface area contributed by atoms with Gasteiger partial charge in [-0.1, -0.05) is 35.9 Å². The van der Waals surface area contributed by atoms with Crippen molar-refractivity contribution >= 4 is 10.9 Å². The average Bonchev–Trinajstić information content (AvgIpc) is 2.53. The highest BCUT2D eigenvalue weighted by Crippen LogP contribution is 2.30. The van der Waals surface area contributed by atoms with Crippen molar-refractivity contribution in [2.45, 2.75) is 13.0 Å². The SMILES string of the molecule is COc1ccc(C)cc1C(O)c1ccc2ccccc2n1. The van der Waals surface area contributed by atoms with E-state index < -0.39 is 6.10 Å². The average molecular weight is 279 g/mol. The van der Waals surface area contributed by atoms with Crippen LogP contribution in [0.3, 0.4) is 0 Å². The minimum atomic E-state index is -0.801. The molecule has 0 radical (unpaired) electrons. The van der Waals surface area contributed by atoms with E-state index in [9.17, 15) is 5.11 Å². The van der Waals surface area contributed by atoms with E-state index in [1.165, 1.54) is 0 Å². The first-order chi connectivity index (χ1) is 10.2. The Morgan fingerprint density at radius 3 is 2.67 bits per heavy atom. The number of nitrogens with zero attached hydrogens (tertiary/aromatic N) is 1. The summed E-state index contributed by atoms with van der Waals surface area (Å²) in [7, 11) is 1.61. The lowest BCUT2D eigenvalue weighted by molar-refractivity contribution is 0.210. The molecule has 3 heteroatoms. The summed E-state index contributed by atoms with van der Waals surface area (Å²) in [6.45, 7) is 1.99. The van der Waals surface area contributed by atoms with E-state index in [0.29, 0.717) is 11.4 Å². The largest absolute Gasteiger partial charge is 0.496 e. The number of aromatic nitrogens is 1. The van der Waals surface area contributed by atoms with Crippen LogP contribution in [0.25, 0.3) is 10.9 Å². The number of benzene rings is 2. The molecule has 0 saturated carbocycles. The van der Waals surface area contributed by atoms with E-state index >= 15 is 0 Å². The Hall–Kier alpha value is -2.39. The van der Waals surface area contributed by atoms with Gasteiger partial charge in [0.1, 0.15) is 11.9 Å². The smallest absolute Gasteiger partial charge is 0.125 e. The molecule has 106 valence electrons. The van der Waals surface area contributed by atoms with Gasteiger partial charge in [0, 0.05) is 10.9 Å². The zero-order valence-corrected chi connectivity index (χ0v) is 12.1. The molecule has 1 heterocycles. The topological polar surface area (TPSA) is 42.4 Å². The van der Waals surface area contributed by atoms with Crippen LogP contribution < -0.4 is 4.74 Å². The number of fused-ring (bicyclic) bond motifs is 1. The molecular weight excluding hydrogens is 262 g/mol. The van der Waals surface area contributed by atoms with Crippen molar-refractivity contribution in [1.29, 1.82) is 0 Å². The van der Waals surface area contributed by atoms with E-state index in [0.717, 1.165) is 22.0 Å². The van der Waals surface area contributed by atoms with Crippen molar-refractivity contribution in [3.63, 3.8) is 0 Å². The van der Waals surface area contributed by atoms with Gasteiger partial charge in [0.15, 0.2) is 0 Å². The van der Waals surface area contributed by atoms with Gasteiger partial charge >= 0.3 is 0 Å². The monoisotopic (exact) mass is 279 g/mol. The number of para-hydroxylation sites is 1. The molecule has 3 aromatic rings. The molecule has 3 nitrogen and oxygen atoms in total. The van der Waals surface area contributed by atoms with Crippen LogP contribution >= 0.6 is 0 Å². The summed E-state index contributed by atoms with van der Waals surface area (Å²) in [5.74, 6) is 0.669. The van der Waals surface area contributed by atoms with Crippen LogP contribution in [0.15, 0.2) is 54.6 Å². The van der Waals surface area contributed by atoms with Gasteiger partial charge in [0.05, 0.1) is 18.3 Å². The number of rotatable bonds is 3. The van der Waals surface area contributed by atoms with Crippen LogP contribution in [0.5, 0.6) is 5.75 Å². The van der Waals surface area contributed by atoms with E-state index in [1.54, 1.807) is 7.11 Å². The van der Waals surface area contributed by atoms with Crippen molar-refractivity contribution in [3.05, 3.63) is 71.4 Å². The summed E-state index contributed by atoms with van der Waals surface area (Å²) in [5.41, 5.74) is 3.31. The lowest BCUT2D eigenvalue weighted by Crippen LogP contribution is -2.05. The van der Waals surface area contributed by atoms with Crippen molar-refractivity contribution in [2.75, 3.05) is 7.11 Å². The minimum absolute atomic E-state index is 0.623. The molecule has 2 aromatic carbocycles. The Morgan fingerprint density at radius 2 is 1.86 bits per heavy atom. The van der Waals surface area contributed by atoms with Crippen molar-refractivity contribution in [2.24, 2.45) is 0 Å². The number of ether oxygens (including phenoxy) is 1. The Labute approximate surface area is 123 Å². The van der Waals surface area contributed by atoms with Crippen molar-refractivity contribution in [3.8, 4) is 5.75 Å². The van der Waals surface area contributed by atoms with Gasteiger partial charge in [0.25, 0.3) is 0 Å². The van der Waals surface area contributed by atoms with Gasteiger partial charge in [-0.05, 0) is 31.2 Å². The first-order valence-electron chi connectivity index (χ1n) is 6.87. The molecule has 0 aliphatic carbocycles. The van der Waals surface area contributed by atoms with Gasteiger partial charge in [-0.25, -0.2) is 4.98 Å². The van der Waals surface area contributed by atoms with E-state index in [1.807, 2.05) is 61.5 Å². The van der Waals surface area contributed by atoms with E-state index in [4.69, 9.17) is 4.74 Å². The molecule has 1 N–H and O–H groups in total. The number of hydrogen-bond donors (Lipinski definition) is 1.